The number of ether oxygens (including phenoxy) is 2. The van der Waals surface area contributed by atoms with E-state index in [4.69, 9.17) is 9.47 Å². The fourth-order valence-electron chi connectivity index (χ4n) is 4.86. The Hall–Kier alpha value is -3.54. The molecule has 2 aliphatic heterocycles. The second-order valence-electron chi connectivity index (χ2n) is 8.01. The summed E-state index contributed by atoms with van der Waals surface area (Å²) in [5, 5.41) is 2.19. The minimum absolute atomic E-state index is 0.00513. The van der Waals surface area contributed by atoms with Crippen LogP contribution in [-0.4, -0.2) is 49.6 Å². The molecule has 2 atom stereocenters. The van der Waals surface area contributed by atoms with E-state index >= 15 is 0 Å². The molecule has 31 heavy (non-hydrogen) atoms. The maximum Gasteiger partial charge on any atom is 0.250 e. The molecule has 2 fully saturated rings. The lowest BCUT2D eigenvalue weighted by Crippen LogP contribution is -2.53. The van der Waals surface area contributed by atoms with Crippen molar-refractivity contribution in [1.82, 2.24) is 4.90 Å². The van der Waals surface area contributed by atoms with Crippen LogP contribution in [0.1, 0.15) is 12.0 Å². The van der Waals surface area contributed by atoms with E-state index in [9.17, 15) is 9.59 Å². The monoisotopic (exact) mass is 416 g/mol. The number of methoxy groups -OCH3 is 2. The molecular formula is C25H24N2O4. The van der Waals surface area contributed by atoms with Crippen LogP contribution in [-0.2, 0) is 16.0 Å². The average molecular weight is 416 g/mol. The molecule has 0 unspecified atom stereocenters. The average Bonchev–Trinajstić information content (AvgIpc) is 3.37. The second-order valence-corrected chi connectivity index (χ2v) is 8.01. The lowest BCUT2D eigenvalue weighted by Gasteiger charge is -2.34. The molecule has 0 N–H and O–H groups in total. The van der Waals surface area contributed by atoms with Crippen molar-refractivity contribution < 1.29 is 19.1 Å². The van der Waals surface area contributed by atoms with E-state index in [0.717, 1.165) is 16.3 Å². The summed E-state index contributed by atoms with van der Waals surface area (Å²) in [5.41, 5.74) is 1.69. The Morgan fingerprint density at radius 2 is 1.84 bits per heavy atom. The molecule has 0 saturated carbocycles. The van der Waals surface area contributed by atoms with Crippen molar-refractivity contribution >= 4 is 28.3 Å². The van der Waals surface area contributed by atoms with Crippen molar-refractivity contribution in [2.75, 3.05) is 25.7 Å². The highest BCUT2D eigenvalue weighted by molar-refractivity contribution is 6.05. The zero-order valence-corrected chi connectivity index (χ0v) is 17.6. The van der Waals surface area contributed by atoms with Crippen molar-refractivity contribution in [1.29, 1.82) is 0 Å². The lowest BCUT2D eigenvalue weighted by molar-refractivity contribution is -0.137. The van der Waals surface area contributed by atoms with Crippen molar-refractivity contribution in [2.45, 2.75) is 24.9 Å². The summed E-state index contributed by atoms with van der Waals surface area (Å²) in [6, 6.07) is 19.0. The molecule has 0 spiro atoms. The summed E-state index contributed by atoms with van der Waals surface area (Å²) in [4.78, 5) is 29.9. The van der Waals surface area contributed by atoms with Gasteiger partial charge in [-0.3, -0.25) is 9.59 Å². The third-order valence-corrected chi connectivity index (χ3v) is 6.35. The van der Waals surface area contributed by atoms with Crippen molar-refractivity contribution in [3.8, 4) is 11.5 Å². The smallest absolute Gasteiger partial charge is 0.250 e. The van der Waals surface area contributed by atoms with Crippen molar-refractivity contribution in [3.05, 3.63) is 66.2 Å². The third-order valence-electron chi connectivity index (χ3n) is 6.35. The number of nitrogens with zero attached hydrogens (tertiary/aromatic N) is 2. The number of fused-ring (bicyclic) bond motifs is 3. The normalized spacial score (nSPS) is 19.9. The van der Waals surface area contributed by atoms with Gasteiger partial charge in [0.15, 0.2) is 0 Å². The van der Waals surface area contributed by atoms with Gasteiger partial charge in [0.05, 0.1) is 32.4 Å². The Labute approximate surface area is 181 Å². The first kappa shape index (κ1) is 19.4. The molecule has 0 radical (unpaired) electrons. The van der Waals surface area contributed by atoms with Gasteiger partial charge in [0.1, 0.15) is 17.5 Å². The Balaban J connectivity index is 1.38. The Bertz CT molecular complexity index is 1170. The zero-order chi connectivity index (χ0) is 21.5. The van der Waals surface area contributed by atoms with Crippen LogP contribution in [0.5, 0.6) is 11.5 Å². The molecule has 3 aromatic carbocycles. The summed E-state index contributed by atoms with van der Waals surface area (Å²) in [5.74, 6) is 1.22. The molecule has 2 heterocycles. The van der Waals surface area contributed by atoms with Crippen LogP contribution in [0.2, 0.25) is 0 Å². The number of anilines is 1. The highest BCUT2D eigenvalue weighted by Crippen LogP contribution is 2.41. The number of hydrogen-bond donors (Lipinski definition) is 0. The number of piperazine rings is 1. The molecule has 2 bridgehead atoms. The predicted molar refractivity (Wildman–Crippen MR) is 119 cm³/mol. The van der Waals surface area contributed by atoms with Crippen molar-refractivity contribution in [3.63, 3.8) is 0 Å². The standard InChI is InChI=1S/C25H24N2O4/c1-30-19-10-11-23(31-2)21(14-19)27-18-13-22(25(27)29)26(15-18)24(28)12-17-8-5-7-16-6-3-4-9-20(16)17/h3-11,14,18,22H,12-13,15H2,1-2H3/t18-,22-/m0/s1. The molecule has 5 rings (SSSR count). The maximum atomic E-state index is 13.3. The zero-order valence-electron chi connectivity index (χ0n) is 17.6. The maximum absolute atomic E-state index is 13.3. The number of carbonyl (C=O) groups is 2. The van der Waals surface area contributed by atoms with Crippen LogP contribution in [0.25, 0.3) is 10.8 Å². The number of rotatable bonds is 5. The van der Waals surface area contributed by atoms with Gasteiger partial charge >= 0.3 is 0 Å². The third kappa shape index (κ3) is 3.19. The molecule has 0 aromatic heterocycles. The van der Waals surface area contributed by atoms with Gasteiger partial charge in [0.25, 0.3) is 0 Å². The molecule has 2 amide bonds. The number of benzene rings is 3. The minimum atomic E-state index is -0.427. The fraction of sp³-hybridized carbons (Fsp3) is 0.280. The Morgan fingerprint density at radius 3 is 2.61 bits per heavy atom. The molecule has 158 valence electrons. The van der Waals surface area contributed by atoms with Gasteiger partial charge in [-0.2, -0.15) is 0 Å². The summed E-state index contributed by atoms with van der Waals surface area (Å²) < 4.78 is 10.8. The minimum Gasteiger partial charge on any atom is -0.497 e. The molecule has 2 saturated heterocycles. The molecule has 2 aliphatic rings. The van der Waals surface area contributed by atoms with Crippen LogP contribution >= 0.6 is 0 Å². The van der Waals surface area contributed by atoms with Gasteiger partial charge < -0.3 is 19.3 Å². The van der Waals surface area contributed by atoms with Crippen molar-refractivity contribution in [2.24, 2.45) is 0 Å². The van der Waals surface area contributed by atoms with Gasteiger partial charge in [-0.1, -0.05) is 42.5 Å². The van der Waals surface area contributed by atoms with Gasteiger partial charge in [0, 0.05) is 12.6 Å². The van der Waals surface area contributed by atoms with Crippen LogP contribution in [0.3, 0.4) is 0 Å². The number of carbonyl (C=O) groups excluding carboxylic acids is 2. The summed E-state index contributed by atoms with van der Waals surface area (Å²) >= 11 is 0. The largest absolute Gasteiger partial charge is 0.497 e. The van der Waals surface area contributed by atoms with Gasteiger partial charge in [-0.05, 0) is 34.9 Å². The first-order valence-electron chi connectivity index (χ1n) is 10.4. The summed E-state index contributed by atoms with van der Waals surface area (Å²) in [6.45, 7) is 0.528. The fourth-order valence-corrected chi connectivity index (χ4v) is 4.86. The molecule has 0 aliphatic carbocycles. The van der Waals surface area contributed by atoms with E-state index in [1.54, 1.807) is 36.2 Å². The lowest BCUT2D eigenvalue weighted by atomic mass is 10.0. The molecule has 3 aromatic rings. The SMILES string of the molecule is COc1ccc(OC)c(N2C(=O)[C@@H]3C[C@H]2CN3C(=O)Cc2cccc3ccccc23)c1. The molecule has 6 heteroatoms. The first-order chi connectivity index (χ1) is 15.1. The van der Waals surface area contributed by atoms with E-state index in [2.05, 4.69) is 0 Å². The Morgan fingerprint density at radius 1 is 1.03 bits per heavy atom. The van der Waals surface area contributed by atoms with Gasteiger partial charge in [0.2, 0.25) is 11.8 Å². The van der Waals surface area contributed by atoms with Crippen LogP contribution in [0.4, 0.5) is 5.69 Å². The van der Waals surface area contributed by atoms with Crippen LogP contribution in [0, 0.1) is 0 Å². The van der Waals surface area contributed by atoms with Gasteiger partial charge in [-0.25, -0.2) is 0 Å². The number of amides is 2. The van der Waals surface area contributed by atoms with E-state index in [-0.39, 0.29) is 17.9 Å². The van der Waals surface area contributed by atoms with E-state index in [0.29, 0.717) is 36.6 Å². The second kappa shape index (κ2) is 7.61. The van der Waals surface area contributed by atoms with Crippen LogP contribution in [0.15, 0.2) is 60.7 Å². The van der Waals surface area contributed by atoms with Crippen LogP contribution < -0.4 is 14.4 Å². The first-order valence-corrected chi connectivity index (χ1v) is 10.4. The highest BCUT2D eigenvalue weighted by atomic mass is 16.5. The van der Waals surface area contributed by atoms with E-state index < -0.39 is 6.04 Å². The van der Waals surface area contributed by atoms with E-state index in [1.165, 1.54) is 0 Å². The number of hydrogen-bond acceptors (Lipinski definition) is 4. The topological polar surface area (TPSA) is 59.1 Å². The quantitative estimate of drug-likeness (QED) is 0.640. The predicted octanol–water partition coefficient (Wildman–Crippen LogP) is 3.42. The van der Waals surface area contributed by atoms with E-state index in [1.807, 2.05) is 48.5 Å². The highest BCUT2D eigenvalue weighted by Gasteiger charge is 2.52. The summed E-state index contributed by atoms with van der Waals surface area (Å²) in [6.07, 6.45) is 0.931. The molecule has 6 nitrogen and oxygen atoms in total. The van der Waals surface area contributed by atoms with Gasteiger partial charge in [-0.15, -0.1) is 0 Å². The summed E-state index contributed by atoms with van der Waals surface area (Å²) in [7, 11) is 3.18. The number of likely N-dealkylation sites (tertiary alicyclic amines) is 1. The molecular weight excluding hydrogens is 392 g/mol. The Kier molecular flexibility index (Phi) is 4.77.